The van der Waals surface area contributed by atoms with Crippen molar-refractivity contribution in [2.45, 2.75) is 33.2 Å². The third-order valence-corrected chi connectivity index (χ3v) is 2.21. The molecule has 78 valence electrons. The van der Waals surface area contributed by atoms with Crippen LogP contribution in [0.2, 0.25) is 0 Å². The van der Waals surface area contributed by atoms with Crippen LogP contribution in [0.25, 0.3) is 0 Å². The molecule has 0 spiro atoms. The van der Waals surface area contributed by atoms with Gasteiger partial charge in [0.2, 0.25) is 5.91 Å². The maximum absolute atomic E-state index is 11.2. The van der Waals surface area contributed by atoms with Crippen LogP contribution in [0.3, 0.4) is 0 Å². The first-order valence-corrected chi connectivity index (χ1v) is 4.97. The maximum Gasteiger partial charge on any atom is 0.241 e. The summed E-state index contributed by atoms with van der Waals surface area (Å²) in [5.41, 5.74) is 2.16. The van der Waals surface area contributed by atoms with Crippen molar-refractivity contribution in [2.75, 3.05) is 7.05 Å². The van der Waals surface area contributed by atoms with Gasteiger partial charge in [-0.15, -0.1) is 0 Å². The molecule has 0 saturated heterocycles. The Morgan fingerprint density at radius 3 is 2.71 bits per heavy atom. The predicted octanol–water partition coefficient (Wildman–Crippen LogP) is 0.754. The Morgan fingerprint density at radius 1 is 1.50 bits per heavy atom. The highest BCUT2D eigenvalue weighted by atomic mass is 16.1. The fraction of sp³-hybridized carbons (Fsp3) is 0.600. The van der Waals surface area contributed by atoms with E-state index in [1.807, 2.05) is 0 Å². The number of carbonyl (C=O) groups excluding carboxylic acids is 1. The molecule has 1 rings (SSSR count). The average Bonchev–Trinajstić information content (AvgIpc) is 2.60. The second-order valence-corrected chi connectivity index (χ2v) is 3.16. The number of nitrogens with zero attached hydrogens (tertiary/aromatic N) is 2. The molecule has 4 heteroatoms. The molecule has 0 saturated carbocycles. The van der Waals surface area contributed by atoms with E-state index in [9.17, 15) is 4.79 Å². The first-order chi connectivity index (χ1) is 6.71. The van der Waals surface area contributed by atoms with Crippen LogP contribution >= 0.6 is 0 Å². The summed E-state index contributed by atoms with van der Waals surface area (Å²) >= 11 is 0. The summed E-state index contributed by atoms with van der Waals surface area (Å²) in [5, 5.41) is 6.94. The van der Waals surface area contributed by atoms with Gasteiger partial charge < -0.3 is 5.32 Å². The first kappa shape index (κ1) is 10.8. The molecule has 0 bridgehead atoms. The Bertz CT molecular complexity index is 317. The zero-order valence-corrected chi connectivity index (χ0v) is 9.00. The number of hydrogen-bond donors (Lipinski definition) is 1. The van der Waals surface area contributed by atoms with Gasteiger partial charge in [-0.1, -0.05) is 13.8 Å². The van der Waals surface area contributed by atoms with E-state index in [0.29, 0.717) is 6.54 Å². The summed E-state index contributed by atoms with van der Waals surface area (Å²) in [4.78, 5) is 11.2. The van der Waals surface area contributed by atoms with Gasteiger partial charge in [-0.25, -0.2) is 0 Å². The van der Waals surface area contributed by atoms with Crippen LogP contribution in [0.1, 0.15) is 25.2 Å². The molecule has 0 unspecified atom stereocenters. The van der Waals surface area contributed by atoms with Crippen LogP contribution in [0, 0.1) is 0 Å². The molecule has 0 aromatic carbocycles. The zero-order chi connectivity index (χ0) is 10.6. The Balaban J connectivity index is 2.83. The van der Waals surface area contributed by atoms with Gasteiger partial charge in [-0.2, -0.15) is 5.10 Å². The molecule has 0 aliphatic heterocycles. The van der Waals surface area contributed by atoms with Crippen molar-refractivity contribution in [2.24, 2.45) is 0 Å². The van der Waals surface area contributed by atoms with Crippen molar-refractivity contribution in [1.82, 2.24) is 15.1 Å². The summed E-state index contributed by atoms with van der Waals surface area (Å²) in [6, 6.07) is 2.06. The molecule has 0 atom stereocenters. The van der Waals surface area contributed by atoms with Gasteiger partial charge in [0.15, 0.2) is 0 Å². The largest absolute Gasteiger partial charge is 0.358 e. The molecule has 1 heterocycles. The summed E-state index contributed by atoms with van der Waals surface area (Å²) in [6.45, 7) is 4.45. The van der Waals surface area contributed by atoms with Crippen LogP contribution in [0.15, 0.2) is 6.07 Å². The number of rotatable bonds is 4. The van der Waals surface area contributed by atoms with Crippen molar-refractivity contribution in [3.8, 4) is 0 Å². The highest BCUT2D eigenvalue weighted by molar-refractivity contribution is 5.75. The van der Waals surface area contributed by atoms with E-state index in [4.69, 9.17) is 0 Å². The second-order valence-electron chi connectivity index (χ2n) is 3.16. The van der Waals surface area contributed by atoms with Crippen molar-refractivity contribution in [3.63, 3.8) is 0 Å². The smallest absolute Gasteiger partial charge is 0.241 e. The topological polar surface area (TPSA) is 46.9 Å². The summed E-state index contributed by atoms with van der Waals surface area (Å²) < 4.78 is 1.78. The summed E-state index contributed by atoms with van der Waals surface area (Å²) in [7, 11) is 1.64. The molecule has 1 N–H and O–H groups in total. The molecule has 0 aliphatic rings. The molecule has 1 amide bonds. The average molecular weight is 195 g/mol. The van der Waals surface area contributed by atoms with E-state index in [2.05, 4.69) is 30.3 Å². The number of aryl methyl sites for hydroxylation is 2. The number of likely N-dealkylation sites (N-methyl/N-ethyl adjacent to an activating group) is 1. The highest BCUT2D eigenvalue weighted by Gasteiger charge is 2.07. The van der Waals surface area contributed by atoms with Gasteiger partial charge in [-0.3, -0.25) is 9.48 Å². The normalized spacial score (nSPS) is 10.2. The Kier molecular flexibility index (Phi) is 3.68. The number of carbonyl (C=O) groups is 1. The molecule has 1 aromatic rings. The fourth-order valence-corrected chi connectivity index (χ4v) is 1.32. The van der Waals surface area contributed by atoms with Crippen molar-refractivity contribution < 1.29 is 4.79 Å². The molecule has 0 aliphatic carbocycles. The molecular formula is C10H17N3O. The summed E-state index contributed by atoms with van der Waals surface area (Å²) in [5.74, 6) is -0.00884. The van der Waals surface area contributed by atoms with Crippen LogP contribution < -0.4 is 5.32 Å². The fourth-order valence-electron chi connectivity index (χ4n) is 1.32. The third-order valence-electron chi connectivity index (χ3n) is 2.21. The van der Waals surface area contributed by atoms with E-state index in [1.54, 1.807) is 11.7 Å². The Labute approximate surface area is 84.3 Å². The minimum absolute atomic E-state index is 0.00884. The number of hydrogen-bond acceptors (Lipinski definition) is 2. The van der Waals surface area contributed by atoms with Gasteiger partial charge in [-0.05, 0) is 18.9 Å². The number of aromatic nitrogens is 2. The Morgan fingerprint density at radius 2 is 2.21 bits per heavy atom. The zero-order valence-electron chi connectivity index (χ0n) is 9.00. The van der Waals surface area contributed by atoms with E-state index in [-0.39, 0.29) is 5.91 Å². The van der Waals surface area contributed by atoms with Crippen molar-refractivity contribution in [1.29, 1.82) is 0 Å². The standard InChI is InChI=1S/C10H17N3O/c1-4-8-6-9(5-2)13(12-8)7-10(14)11-3/h6H,4-5,7H2,1-3H3,(H,11,14). The SMILES string of the molecule is CCc1cc(CC)n(CC(=O)NC)n1. The molecule has 0 fully saturated rings. The Hall–Kier alpha value is -1.32. The van der Waals surface area contributed by atoms with Gasteiger partial charge in [0, 0.05) is 12.7 Å². The second kappa shape index (κ2) is 4.79. The number of nitrogens with one attached hydrogen (secondary N) is 1. The molecular weight excluding hydrogens is 178 g/mol. The third kappa shape index (κ3) is 2.34. The van der Waals surface area contributed by atoms with Gasteiger partial charge in [0.05, 0.1) is 5.69 Å². The van der Waals surface area contributed by atoms with E-state index >= 15 is 0 Å². The molecule has 1 aromatic heterocycles. The molecule has 14 heavy (non-hydrogen) atoms. The monoisotopic (exact) mass is 195 g/mol. The van der Waals surface area contributed by atoms with Gasteiger partial charge >= 0.3 is 0 Å². The minimum atomic E-state index is -0.00884. The van der Waals surface area contributed by atoms with Crippen LogP contribution in [0.4, 0.5) is 0 Å². The minimum Gasteiger partial charge on any atom is -0.358 e. The van der Waals surface area contributed by atoms with Crippen LogP contribution in [-0.2, 0) is 24.2 Å². The predicted molar refractivity (Wildman–Crippen MR) is 55.0 cm³/mol. The lowest BCUT2D eigenvalue weighted by molar-refractivity contribution is -0.121. The molecule has 0 radical (unpaired) electrons. The van der Waals surface area contributed by atoms with Gasteiger partial charge in [0.25, 0.3) is 0 Å². The van der Waals surface area contributed by atoms with Crippen molar-refractivity contribution in [3.05, 3.63) is 17.5 Å². The lowest BCUT2D eigenvalue weighted by Crippen LogP contribution is -2.25. The van der Waals surface area contributed by atoms with Gasteiger partial charge in [0.1, 0.15) is 6.54 Å². The maximum atomic E-state index is 11.2. The number of amides is 1. The lowest BCUT2D eigenvalue weighted by Gasteiger charge is -2.03. The van der Waals surface area contributed by atoms with E-state index in [1.165, 1.54) is 0 Å². The van der Waals surface area contributed by atoms with Crippen LogP contribution in [0.5, 0.6) is 0 Å². The lowest BCUT2D eigenvalue weighted by atomic mass is 10.2. The highest BCUT2D eigenvalue weighted by Crippen LogP contribution is 2.05. The molecule has 4 nitrogen and oxygen atoms in total. The van der Waals surface area contributed by atoms with Crippen molar-refractivity contribution >= 4 is 5.91 Å². The summed E-state index contributed by atoms with van der Waals surface area (Å²) in [6.07, 6.45) is 1.82. The van der Waals surface area contributed by atoms with Crippen LogP contribution in [-0.4, -0.2) is 22.7 Å². The quantitative estimate of drug-likeness (QED) is 0.770. The van der Waals surface area contributed by atoms with E-state index < -0.39 is 0 Å². The van der Waals surface area contributed by atoms with E-state index in [0.717, 1.165) is 24.2 Å². The first-order valence-electron chi connectivity index (χ1n) is 4.97.